The zero-order valence-corrected chi connectivity index (χ0v) is 28.4. The van der Waals surface area contributed by atoms with Gasteiger partial charge in [-0.1, -0.05) is 134 Å². The van der Waals surface area contributed by atoms with Gasteiger partial charge >= 0.3 is 0 Å². The second-order valence-corrected chi connectivity index (χ2v) is 14.6. The number of ether oxygens (including phenoxy) is 1. The van der Waals surface area contributed by atoms with Crippen LogP contribution in [0.4, 0.5) is 0 Å². The van der Waals surface area contributed by atoms with Gasteiger partial charge in [0.25, 0.3) is 0 Å². The summed E-state index contributed by atoms with van der Waals surface area (Å²) in [7, 11) is 0. The average Bonchev–Trinajstić information content (AvgIpc) is 3.69. The molecule has 0 radical (unpaired) electrons. The molecule has 7 aromatic carbocycles. The summed E-state index contributed by atoms with van der Waals surface area (Å²) in [4.78, 5) is 0. The first kappa shape index (κ1) is 28.7. The van der Waals surface area contributed by atoms with Gasteiger partial charge in [0.1, 0.15) is 11.9 Å². The minimum absolute atomic E-state index is 0.0159. The average molecular weight is 654 g/mol. The van der Waals surface area contributed by atoms with Gasteiger partial charge in [-0.2, -0.15) is 0 Å². The minimum Gasteiger partial charge on any atom is -0.484 e. The molecule has 2 heteroatoms. The van der Waals surface area contributed by atoms with Crippen LogP contribution in [0.2, 0.25) is 0 Å². The van der Waals surface area contributed by atoms with Crippen molar-refractivity contribution in [2.75, 3.05) is 0 Å². The lowest BCUT2D eigenvalue weighted by atomic mass is 9.76. The van der Waals surface area contributed by atoms with Gasteiger partial charge in [-0.15, -0.1) is 0 Å². The SMILES string of the molecule is CC12C=CC=CC1Oc1c(-c3ccc4c(c3)c3ccccc3n4-c3cccc(C4C=Cc5c(c6ccccc6c6ccccc56)C4)c3)cccc12. The van der Waals surface area contributed by atoms with Crippen molar-refractivity contribution in [3.8, 4) is 22.6 Å². The van der Waals surface area contributed by atoms with Gasteiger partial charge in [-0.05, 0) is 93.6 Å². The smallest absolute Gasteiger partial charge is 0.132 e. The third-order valence-corrected chi connectivity index (χ3v) is 11.8. The summed E-state index contributed by atoms with van der Waals surface area (Å²) in [6.07, 6.45) is 14.5. The van der Waals surface area contributed by atoms with Gasteiger partial charge < -0.3 is 9.30 Å². The van der Waals surface area contributed by atoms with E-state index in [-0.39, 0.29) is 17.4 Å². The van der Waals surface area contributed by atoms with Crippen LogP contribution in [-0.2, 0) is 11.8 Å². The van der Waals surface area contributed by atoms with Gasteiger partial charge in [0.2, 0.25) is 0 Å². The molecule has 1 aliphatic heterocycles. The number of hydrogen-bond acceptors (Lipinski definition) is 1. The molecule has 0 N–H and O–H groups in total. The Balaban J connectivity index is 1.02. The molecule has 0 bridgehead atoms. The summed E-state index contributed by atoms with van der Waals surface area (Å²) in [6, 6.07) is 49.3. The lowest BCUT2D eigenvalue weighted by Gasteiger charge is -2.26. The van der Waals surface area contributed by atoms with Crippen molar-refractivity contribution in [3.05, 3.63) is 186 Å². The molecule has 0 saturated carbocycles. The predicted molar refractivity (Wildman–Crippen MR) is 213 cm³/mol. The Kier molecular flexibility index (Phi) is 6.01. The van der Waals surface area contributed by atoms with Crippen molar-refractivity contribution in [2.24, 2.45) is 0 Å². The van der Waals surface area contributed by atoms with E-state index in [1.807, 2.05) is 0 Å². The van der Waals surface area contributed by atoms with Gasteiger partial charge in [0, 0.05) is 33.5 Å². The summed E-state index contributed by atoms with van der Waals surface area (Å²) < 4.78 is 9.11. The number of allylic oxidation sites excluding steroid dienone is 3. The number of rotatable bonds is 3. The molecule has 0 fully saturated rings. The lowest BCUT2D eigenvalue weighted by molar-refractivity contribution is 0.228. The van der Waals surface area contributed by atoms with Crippen LogP contribution in [0.1, 0.15) is 35.1 Å². The molecule has 242 valence electrons. The fourth-order valence-electron chi connectivity index (χ4n) is 9.26. The molecule has 3 atom stereocenters. The maximum atomic E-state index is 6.66. The fraction of sp³-hybridized carbons (Fsp3) is 0.102. The van der Waals surface area contributed by atoms with Crippen molar-refractivity contribution < 1.29 is 4.74 Å². The Labute approximate surface area is 297 Å². The summed E-state index contributed by atoms with van der Waals surface area (Å²) in [6.45, 7) is 2.28. The third-order valence-electron chi connectivity index (χ3n) is 11.8. The van der Waals surface area contributed by atoms with Gasteiger partial charge in [-0.25, -0.2) is 0 Å². The number of benzene rings is 7. The number of para-hydroxylation sites is 2. The Morgan fingerprint density at radius 3 is 2.25 bits per heavy atom. The molecule has 0 spiro atoms. The zero-order chi connectivity index (χ0) is 33.7. The highest BCUT2D eigenvalue weighted by Crippen LogP contribution is 2.50. The van der Waals surface area contributed by atoms with E-state index in [2.05, 4.69) is 181 Å². The molecule has 8 aromatic rings. The van der Waals surface area contributed by atoms with Crippen LogP contribution < -0.4 is 4.74 Å². The summed E-state index contributed by atoms with van der Waals surface area (Å²) in [5.41, 5.74) is 11.2. The van der Waals surface area contributed by atoms with E-state index in [0.717, 1.165) is 17.7 Å². The van der Waals surface area contributed by atoms with Crippen molar-refractivity contribution in [1.82, 2.24) is 4.57 Å². The van der Waals surface area contributed by atoms with E-state index < -0.39 is 0 Å². The summed E-state index contributed by atoms with van der Waals surface area (Å²) >= 11 is 0. The van der Waals surface area contributed by atoms with Crippen molar-refractivity contribution in [3.63, 3.8) is 0 Å². The van der Waals surface area contributed by atoms with E-state index >= 15 is 0 Å². The van der Waals surface area contributed by atoms with E-state index in [1.54, 1.807) is 0 Å². The van der Waals surface area contributed by atoms with Crippen LogP contribution in [0.5, 0.6) is 5.75 Å². The molecule has 0 saturated heterocycles. The lowest BCUT2D eigenvalue weighted by Crippen LogP contribution is -2.32. The summed E-state index contributed by atoms with van der Waals surface area (Å²) in [5, 5.41) is 7.88. The van der Waals surface area contributed by atoms with Gasteiger partial charge in [-0.3, -0.25) is 0 Å². The molecule has 1 aromatic heterocycles. The number of fused-ring (bicyclic) bond motifs is 12. The quantitative estimate of drug-likeness (QED) is 0.173. The van der Waals surface area contributed by atoms with Crippen molar-refractivity contribution in [1.29, 1.82) is 0 Å². The van der Waals surface area contributed by atoms with Crippen LogP contribution in [-0.4, -0.2) is 10.7 Å². The Hall–Kier alpha value is -6.12. The molecule has 3 unspecified atom stereocenters. The first-order chi connectivity index (χ1) is 25.2. The van der Waals surface area contributed by atoms with Crippen LogP contribution in [0.25, 0.3) is 66.2 Å². The predicted octanol–water partition coefficient (Wildman–Crippen LogP) is 12.3. The van der Waals surface area contributed by atoms with E-state index in [4.69, 9.17) is 4.74 Å². The van der Waals surface area contributed by atoms with Crippen LogP contribution in [0.3, 0.4) is 0 Å². The molecular weight excluding hydrogens is 619 g/mol. The van der Waals surface area contributed by atoms with Gasteiger partial charge in [0.15, 0.2) is 0 Å². The molecule has 51 heavy (non-hydrogen) atoms. The number of hydrogen-bond donors (Lipinski definition) is 0. The second kappa shape index (κ2) is 10.7. The Morgan fingerprint density at radius 2 is 1.37 bits per heavy atom. The molecule has 2 aliphatic carbocycles. The third kappa shape index (κ3) is 4.11. The highest BCUT2D eigenvalue weighted by Gasteiger charge is 2.44. The maximum Gasteiger partial charge on any atom is 0.132 e. The number of nitrogens with zero attached hydrogens (tertiary/aromatic N) is 1. The standard InChI is InChI=1S/C49H35NO/c1-49-27-9-8-22-47(49)51-48-35(19-11-20-44(48)49)33-24-26-46-43(30-33)41-18-6-7-21-45(41)50(46)34-13-10-12-31(28-34)32-23-25-40-38-16-3-2-14-36(38)37-15-4-5-17-39(37)42(40)29-32/h2-28,30,32,47H,29H2,1H3. The monoisotopic (exact) mass is 653 g/mol. The topological polar surface area (TPSA) is 14.2 Å². The minimum atomic E-state index is -0.151. The van der Waals surface area contributed by atoms with Crippen molar-refractivity contribution in [2.45, 2.75) is 30.8 Å². The second-order valence-electron chi connectivity index (χ2n) is 14.6. The van der Waals surface area contributed by atoms with Crippen LogP contribution >= 0.6 is 0 Å². The largest absolute Gasteiger partial charge is 0.484 e. The van der Waals surface area contributed by atoms with E-state index in [0.29, 0.717) is 0 Å². The number of aromatic nitrogens is 1. The van der Waals surface area contributed by atoms with Gasteiger partial charge in [0.05, 0.1) is 16.4 Å². The van der Waals surface area contributed by atoms with E-state index in [1.165, 1.54) is 76.9 Å². The summed E-state index contributed by atoms with van der Waals surface area (Å²) in [5.74, 6) is 1.29. The maximum absolute atomic E-state index is 6.66. The Bertz CT molecular complexity index is 2850. The van der Waals surface area contributed by atoms with Crippen LogP contribution in [0.15, 0.2) is 164 Å². The highest BCUT2D eigenvalue weighted by molar-refractivity contribution is 6.13. The first-order valence-corrected chi connectivity index (χ1v) is 18.1. The van der Waals surface area contributed by atoms with Crippen molar-refractivity contribution >= 4 is 49.4 Å². The Morgan fingerprint density at radius 1 is 0.627 bits per heavy atom. The molecule has 11 rings (SSSR count). The molecule has 3 aliphatic rings. The molecule has 2 nitrogen and oxygen atoms in total. The van der Waals surface area contributed by atoms with E-state index in [9.17, 15) is 0 Å². The highest BCUT2D eigenvalue weighted by atomic mass is 16.5. The van der Waals surface area contributed by atoms with Crippen LogP contribution in [0, 0.1) is 0 Å². The molecular formula is C49H35NO. The molecule has 2 heterocycles. The fourth-order valence-corrected chi connectivity index (χ4v) is 9.26. The normalized spacial score (nSPS) is 20.2. The first-order valence-electron chi connectivity index (χ1n) is 18.1. The zero-order valence-electron chi connectivity index (χ0n) is 28.4. The molecule has 0 amide bonds.